The number of hydrogen-bond donors (Lipinski definition) is 2. The van der Waals surface area contributed by atoms with Crippen LogP contribution in [0.3, 0.4) is 0 Å². The molecule has 0 saturated carbocycles. The molecule has 0 radical (unpaired) electrons. The van der Waals surface area contributed by atoms with Gasteiger partial charge in [0.1, 0.15) is 12.1 Å². The maximum atomic E-state index is 8.78. The van der Waals surface area contributed by atoms with Crippen molar-refractivity contribution in [3.8, 4) is 17.6 Å². The third kappa shape index (κ3) is 4.02. The third-order valence-electron chi connectivity index (χ3n) is 2.53. The highest BCUT2D eigenvalue weighted by Crippen LogP contribution is 2.24. The summed E-state index contributed by atoms with van der Waals surface area (Å²) in [5.41, 5.74) is 2.00. The van der Waals surface area contributed by atoms with E-state index in [-0.39, 0.29) is 6.61 Å². The van der Waals surface area contributed by atoms with Gasteiger partial charge in [-0.25, -0.2) is 4.98 Å². The van der Waals surface area contributed by atoms with Gasteiger partial charge in [0.05, 0.1) is 13.7 Å². The zero-order valence-corrected chi connectivity index (χ0v) is 11.9. The summed E-state index contributed by atoms with van der Waals surface area (Å²) in [5.74, 6) is 7.52. The average Bonchev–Trinajstić information content (AvgIpc) is 2.99. The van der Waals surface area contributed by atoms with Gasteiger partial charge in [-0.1, -0.05) is 23.6 Å². The lowest BCUT2D eigenvalue weighted by molar-refractivity contribution is 0.305. The summed E-state index contributed by atoms with van der Waals surface area (Å²) in [6.45, 7) is 0.0747. The second kappa shape index (κ2) is 7.58. The molecular formula is C14H15N3O2S. The fourth-order valence-electron chi connectivity index (χ4n) is 1.56. The Balaban J connectivity index is 2.16. The van der Waals surface area contributed by atoms with Crippen molar-refractivity contribution in [1.29, 1.82) is 0 Å². The number of rotatable bonds is 5. The Morgan fingerprint density at radius 1 is 1.45 bits per heavy atom. The van der Waals surface area contributed by atoms with E-state index in [4.69, 9.17) is 9.84 Å². The van der Waals surface area contributed by atoms with Gasteiger partial charge >= 0.3 is 0 Å². The molecule has 1 aromatic heterocycles. The molecule has 0 aliphatic rings. The number of aromatic amines is 1. The van der Waals surface area contributed by atoms with Crippen LogP contribution >= 0.6 is 11.8 Å². The Kier molecular flexibility index (Phi) is 5.47. The highest BCUT2D eigenvalue weighted by Gasteiger charge is 2.05. The highest BCUT2D eigenvalue weighted by atomic mass is 32.2. The van der Waals surface area contributed by atoms with E-state index in [1.807, 2.05) is 18.2 Å². The monoisotopic (exact) mass is 289 g/mol. The summed E-state index contributed by atoms with van der Waals surface area (Å²) in [6, 6.07) is 5.78. The van der Waals surface area contributed by atoms with Crippen LogP contribution in [0.15, 0.2) is 29.7 Å². The van der Waals surface area contributed by atoms with Gasteiger partial charge in [-0.05, 0) is 23.8 Å². The molecule has 0 aliphatic heterocycles. The molecule has 2 rings (SSSR count). The number of ether oxygens (including phenoxy) is 1. The first-order valence-electron chi connectivity index (χ1n) is 6.08. The number of methoxy groups -OCH3 is 1. The Bertz CT molecular complexity index is 603. The Morgan fingerprint density at radius 3 is 3.05 bits per heavy atom. The summed E-state index contributed by atoms with van der Waals surface area (Å²) in [5, 5.41) is 16.2. The Morgan fingerprint density at radius 2 is 2.35 bits per heavy atom. The smallest absolute Gasteiger partial charge is 0.183 e. The SMILES string of the molecule is COc1ccc(C#CCCO)c(CSc2ncn[nH]2)c1. The molecule has 0 spiro atoms. The largest absolute Gasteiger partial charge is 0.497 e. The molecule has 0 bridgehead atoms. The van der Waals surface area contributed by atoms with E-state index in [0.717, 1.165) is 27.8 Å². The van der Waals surface area contributed by atoms with Crippen LogP contribution in [-0.4, -0.2) is 34.0 Å². The number of aliphatic hydroxyl groups excluding tert-OH is 1. The summed E-state index contributed by atoms with van der Waals surface area (Å²) in [6.07, 6.45) is 1.95. The molecule has 0 aliphatic carbocycles. The quantitative estimate of drug-likeness (QED) is 0.649. The van der Waals surface area contributed by atoms with Crippen LogP contribution < -0.4 is 4.74 Å². The summed E-state index contributed by atoms with van der Waals surface area (Å²) < 4.78 is 5.24. The second-order valence-electron chi connectivity index (χ2n) is 3.88. The molecule has 5 nitrogen and oxygen atoms in total. The van der Waals surface area contributed by atoms with E-state index in [2.05, 4.69) is 27.0 Å². The molecule has 0 amide bonds. The van der Waals surface area contributed by atoms with E-state index in [1.54, 1.807) is 18.9 Å². The van der Waals surface area contributed by atoms with Gasteiger partial charge in [-0.15, -0.1) is 0 Å². The van der Waals surface area contributed by atoms with Crippen molar-refractivity contribution in [2.24, 2.45) is 0 Å². The van der Waals surface area contributed by atoms with E-state index in [1.165, 1.54) is 6.33 Å². The van der Waals surface area contributed by atoms with Crippen molar-refractivity contribution in [2.45, 2.75) is 17.3 Å². The fraction of sp³-hybridized carbons (Fsp3) is 0.286. The van der Waals surface area contributed by atoms with Gasteiger partial charge in [0, 0.05) is 17.7 Å². The first-order valence-corrected chi connectivity index (χ1v) is 7.07. The van der Waals surface area contributed by atoms with Gasteiger partial charge in [0.15, 0.2) is 5.16 Å². The molecule has 20 heavy (non-hydrogen) atoms. The number of nitrogens with one attached hydrogen (secondary N) is 1. The topological polar surface area (TPSA) is 71.0 Å². The van der Waals surface area contributed by atoms with E-state index in [0.29, 0.717) is 6.42 Å². The van der Waals surface area contributed by atoms with Gasteiger partial charge in [-0.2, -0.15) is 5.10 Å². The summed E-state index contributed by atoms with van der Waals surface area (Å²) in [7, 11) is 1.64. The lowest BCUT2D eigenvalue weighted by Crippen LogP contribution is -1.91. The maximum Gasteiger partial charge on any atom is 0.183 e. The molecule has 6 heteroatoms. The van der Waals surface area contributed by atoms with E-state index in [9.17, 15) is 0 Å². The fourth-order valence-corrected chi connectivity index (χ4v) is 2.33. The van der Waals surface area contributed by atoms with Crippen LogP contribution in [0, 0.1) is 11.8 Å². The first kappa shape index (κ1) is 14.4. The second-order valence-corrected chi connectivity index (χ2v) is 4.84. The summed E-state index contributed by atoms with van der Waals surface area (Å²) >= 11 is 1.55. The van der Waals surface area contributed by atoms with Gasteiger partial charge in [-0.3, -0.25) is 5.10 Å². The van der Waals surface area contributed by atoms with Crippen LogP contribution in [0.4, 0.5) is 0 Å². The number of aromatic nitrogens is 3. The predicted molar refractivity (Wildman–Crippen MR) is 77.5 cm³/mol. The Labute approximate surface area is 121 Å². The summed E-state index contributed by atoms with van der Waals surface area (Å²) in [4.78, 5) is 4.07. The van der Waals surface area contributed by atoms with Crippen molar-refractivity contribution in [3.05, 3.63) is 35.7 Å². The maximum absolute atomic E-state index is 8.78. The standard InChI is InChI=1S/C14H15N3O2S/c1-19-13-6-5-11(4-2-3-7-18)12(8-13)9-20-14-15-10-16-17-14/h5-6,8,10,18H,3,7,9H2,1H3,(H,15,16,17). The van der Waals surface area contributed by atoms with E-state index < -0.39 is 0 Å². The normalized spacial score (nSPS) is 9.90. The molecule has 1 heterocycles. The Hall–Kier alpha value is -1.97. The number of benzene rings is 1. The lowest BCUT2D eigenvalue weighted by atomic mass is 10.1. The molecule has 0 unspecified atom stereocenters. The first-order chi connectivity index (χ1) is 9.83. The lowest BCUT2D eigenvalue weighted by Gasteiger charge is -2.06. The van der Waals surface area contributed by atoms with Crippen LogP contribution in [0.5, 0.6) is 5.75 Å². The number of nitrogens with zero attached hydrogens (tertiary/aromatic N) is 2. The van der Waals surface area contributed by atoms with Crippen molar-refractivity contribution in [1.82, 2.24) is 15.2 Å². The zero-order valence-electron chi connectivity index (χ0n) is 11.1. The average molecular weight is 289 g/mol. The molecule has 0 atom stereocenters. The molecule has 2 N–H and O–H groups in total. The van der Waals surface area contributed by atoms with Gasteiger partial charge < -0.3 is 9.84 Å². The van der Waals surface area contributed by atoms with Gasteiger partial charge in [0.25, 0.3) is 0 Å². The molecule has 1 aromatic carbocycles. The molecule has 2 aromatic rings. The minimum Gasteiger partial charge on any atom is -0.497 e. The third-order valence-corrected chi connectivity index (χ3v) is 3.46. The van der Waals surface area contributed by atoms with Crippen LogP contribution in [0.2, 0.25) is 0 Å². The predicted octanol–water partition coefficient (Wildman–Crippen LogP) is 1.84. The van der Waals surface area contributed by atoms with Crippen molar-refractivity contribution in [2.75, 3.05) is 13.7 Å². The molecule has 104 valence electrons. The van der Waals surface area contributed by atoms with Crippen LogP contribution in [0.25, 0.3) is 0 Å². The van der Waals surface area contributed by atoms with Crippen molar-refractivity contribution in [3.63, 3.8) is 0 Å². The highest BCUT2D eigenvalue weighted by molar-refractivity contribution is 7.98. The minimum absolute atomic E-state index is 0.0747. The molecule has 0 saturated heterocycles. The zero-order chi connectivity index (χ0) is 14.2. The van der Waals surface area contributed by atoms with Gasteiger partial charge in [0.2, 0.25) is 0 Å². The molecule has 0 fully saturated rings. The van der Waals surface area contributed by atoms with Crippen molar-refractivity contribution >= 4 is 11.8 Å². The number of aliphatic hydroxyl groups is 1. The number of hydrogen-bond acceptors (Lipinski definition) is 5. The van der Waals surface area contributed by atoms with Crippen LogP contribution in [0.1, 0.15) is 17.5 Å². The van der Waals surface area contributed by atoms with E-state index >= 15 is 0 Å². The number of thioether (sulfide) groups is 1. The number of H-pyrrole nitrogens is 1. The van der Waals surface area contributed by atoms with Crippen molar-refractivity contribution < 1.29 is 9.84 Å². The molecular weight excluding hydrogens is 274 g/mol. The van der Waals surface area contributed by atoms with Crippen LogP contribution in [-0.2, 0) is 5.75 Å². The minimum atomic E-state index is 0.0747.